The van der Waals surface area contributed by atoms with Gasteiger partial charge in [0.05, 0.1) is 9.15 Å². The molecule has 0 bridgehead atoms. The fourth-order valence-corrected chi connectivity index (χ4v) is 1.44. The average Bonchev–Trinajstić information content (AvgIpc) is 1.98. The second-order valence-electron chi connectivity index (χ2n) is 5.42. The lowest BCUT2D eigenvalue weighted by Crippen LogP contribution is -2.33. The predicted molar refractivity (Wildman–Crippen MR) is 75.7 cm³/mol. The van der Waals surface area contributed by atoms with E-state index in [1.807, 2.05) is 0 Å². The number of ether oxygens (including phenoxy) is 1. The lowest BCUT2D eigenvalue weighted by molar-refractivity contribution is -0.00469. The van der Waals surface area contributed by atoms with Gasteiger partial charge in [0.2, 0.25) is 0 Å². The molecule has 0 atom stereocenters. The zero-order chi connectivity index (χ0) is 11.9. The van der Waals surface area contributed by atoms with Gasteiger partial charge in [-0.3, -0.25) is 0 Å². The number of hydrogen-bond donors (Lipinski definition) is 1. The SMILES string of the molecule is CC(C)(I)NCCCCCOC(C)(C)C. The summed E-state index contributed by atoms with van der Waals surface area (Å²) in [5.74, 6) is 0. The average molecular weight is 327 g/mol. The molecule has 1 N–H and O–H groups in total. The Morgan fingerprint density at radius 1 is 1.00 bits per heavy atom. The lowest BCUT2D eigenvalue weighted by Gasteiger charge is -2.20. The summed E-state index contributed by atoms with van der Waals surface area (Å²) in [7, 11) is 0. The first-order valence-electron chi connectivity index (χ1n) is 5.79. The number of rotatable bonds is 7. The van der Waals surface area contributed by atoms with Crippen LogP contribution in [0.3, 0.4) is 0 Å². The van der Waals surface area contributed by atoms with Crippen LogP contribution in [0.15, 0.2) is 0 Å². The van der Waals surface area contributed by atoms with Gasteiger partial charge >= 0.3 is 0 Å². The van der Waals surface area contributed by atoms with Crippen LogP contribution in [0.2, 0.25) is 0 Å². The van der Waals surface area contributed by atoms with Gasteiger partial charge in [0.25, 0.3) is 0 Å². The molecular weight excluding hydrogens is 301 g/mol. The van der Waals surface area contributed by atoms with Gasteiger partial charge in [-0.15, -0.1) is 0 Å². The third kappa shape index (κ3) is 14.7. The van der Waals surface area contributed by atoms with Crippen LogP contribution in [-0.2, 0) is 4.74 Å². The number of unbranched alkanes of at least 4 members (excludes halogenated alkanes) is 2. The minimum absolute atomic E-state index is 0.0163. The monoisotopic (exact) mass is 327 g/mol. The molecule has 0 aliphatic heterocycles. The van der Waals surface area contributed by atoms with Crippen LogP contribution in [0.4, 0.5) is 0 Å². The first-order chi connectivity index (χ1) is 6.71. The quantitative estimate of drug-likeness (QED) is 0.333. The van der Waals surface area contributed by atoms with Crippen molar-refractivity contribution in [1.29, 1.82) is 0 Å². The van der Waals surface area contributed by atoms with E-state index in [9.17, 15) is 0 Å². The number of hydrogen-bond acceptors (Lipinski definition) is 2. The summed E-state index contributed by atoms with van der Waals surface area (Å²) in [4.78, 5) is 0. The molecule has 0 aromatic heterocycles. The molecule has 0 saturated carbocycles. The van der Waals surface area contributed by atoms with Crippen LogP contribution < -0.4 is 5.32 Å². The molecule has 3 heteroatoms. The van der Waals surface area contributed by atoms with Gasteiger partial charge in [-0.1, -0.05) is 22.6 Å². The molecule has 92 valence electrons. The minimum atomic E-state index is 0.0163. The van der Waals surface area contributed by atoms with Gasteiger partial charge in [0.15, 0.2) is 0 Å². The first-order valence-corrected chi connectivity index (χ1v) is 6.86. The minimum Gasteiger partial charge on any atom is -0.376 e. The Morgan fingerprint density at radius 2 is 1.60 bits per heavy atom. The highest BCUT2D eigenvalue weighted by Gasteiger charge is 2.10. The van der Waals surface area contributed by atoms with Crippen molar-refractivity contribution >= 4 is 22.6 Å². The van der Waals surface area contributed by atoms with E-state index in [0.29, 0.717) is 0 Å². The van der Waals surface area contributed by atoms with E-state index in [0.717, 1.165) is 13.2 Å². The van der Waals surface area contributed by atoms with E-state index in [1.165, 1.54) is 19.3 Å². The molecule has 0 heterocycles. The Hall–Kier alpha value is 0.650. The first kappa shape index (κ1) is 15.7. The maximum atomic E-state index is 5.65. The van der Waals surface area contributed by atoms with Gasteiger partial charge in [-0.2, -0.15) is 0 Å². The van der Waals surface area contributed by atoms with Crippen molar-refractivity contribution < 1.29 is 4.74 Å². The zero-order valence-electron chi connectivity index (χ0n) is 10.8. The summed E-state index contributed by atoms with van der Waals surface area (Å²) in [6.45, 7) is 12.7. The van der Waals surface area contributed by atoms with Crippen molar-refractivity contribution in [1.82, 2.24) is 5.32 Å². The fourth-order valence-electron chi connectivity index (χ4n) is 1.17. The van der Waals surface area contributed by atoms with E-state index >= 15 is 0 Å². The van der Waals surface area contributed by atoms with Crippen LogP contribution in [-0.4, -0.2) is 22.3 Å². The van der Waals surface area contributed by atoms with E-state index in [-0.39, 0.29) is 9.15 Å². The van der Waals surface area contributed by atoms with Crippen molar-refractivity contribution in [2.24, 2.45) is 0 Å². The van der Waals surface area contributed by atoms with E-state index in [1.54, 1.807) is 0 Å². The van der Waals surface area contributed by atoms with Gasteiger partial charge in [-0.05, 0) is 60.4 Å². The summed E-state index contributed by atoms with van der Waals surface area (Å²) in [6.07, 6.45) is 3.65. The Bertz CT molecular complexity index is 140. The number of nitrogens with one attached hydrogen (secondary N) is 1. The summed E-state index contributed by atoms with van der Waals surface area (Å²) >= 11 is 2.42. The third-order valence-corrected chi connectivity index (χ3v) is 2.28. The van der Waals surface area contributed by atoms with Gasteiger partial charge in [-0.25, -0.2) is 0 Å². The molecule has 15 heavy (non-hydrogen) atoms. The number of alkyl halides is 1. The smallest absolute Gasteiger partial charge is 0.0648 e. The molecule has 0 radical (unpaired) electrons. The Balaban J connectivity index is 3.20. The second-order valence-corrected chi connectivity index (χ2v) is 8.12. The molecule has 0 aliphatic rings. The molecule has 0 fully saturated rings. The third-order valence-electron chi connectivity index (χ3n) is 1.90. The Labute approximate surface area is 109 Å². The molecular formula is C12H26INO. The second kappa shape index (κ2) is 7.07. The number of halogens is 1. The van der Waals surface area contributed by atoms with Crippen LogP contribution in [0.1, 0.15) is 53.9 Å². The predicted octanol–water partition coefficient (Wildman–Crippen LogP) is 3.73. The highest BCUT2D eigenvalue weighted by atomic mass is 127. The van der Waals surface area contributed by atoms with E-state index in [4.69, 9.17) is 4.74 Å². The van der Waals surface area contributed by atoms with Crippen molar-refractivity contribution in [2.45, 2.75) is 63.0 Å². The van der Waals surface area contributed by atoms with Crippen LogP contribution >= 0.6 is 22.6 Å². The zero-order valence-corrected chi connectivity index (χ0v) is 13.0. The van der Waals surface area contributed by atoms with Crippen molar-refractivity contribution in [3.8, 4) is 0 Å². The van der Waals surface area contributed by atoms with Crippen LogP contribution in [0.25, 0.3) is 0 Å². The van der Waals surface area contributed by atoms with Crippen molar-refractivity contribution in [2.75, 3.05) is 13.2 Å². The van der Waals surface area contributed by atoms with E-state index in [2.05, 4.69) is 62.5 Å². The molecule has 0 aliphatic carbocycles. The van der Waals surface area contributed by atoms with Gasteiger partial charge in [0.1, 0.15) is 0 Å². The van der Waals surface area contributed by atoms with Crippen molar-refractivity contribution in [3.05, 3.63) is 0 Å². The molecule has 0 amide bonds. The van der Waals surface area contributed by atoms with Crippen LogP contribution in [0, 0.1) is 0 Å². The van der Waals surface area contributed by atoms with Gasteiger partial charge < -0.3 is 10.1 Å². The van der Waals surface area contributed by atoms with E-state index < -0.39 is 0 Å². The summed E-state index contributed by atoms with van der Waals surface area (Å²) < 4.78 is 5.88. The maximum absolute atomic E-state index is 5.65. The molecule has 0 aromatic rings. The topological polar surface area (TPSA) is 21.3 Å². The normalized spacial score (nSPS) is 13.2. The molecule has 0 saturated heterocycles. The molecule has 0 spiro atoms. The summed E-state index contributed by atoms with van der Waals surface area (Å²) in [5.41, 5.74) is 0.0163. The molecule has 2 nitrogen and oxygen atoms in total. The van der Waals surface area contributed by atoms with Gasteiger partial charge in [0, 0.05) is 6.61 Å². The fraction of sp³-hybridized carbons (Fsp3) is 1.00. The highest BCUT2D eigenvalue weighted by Crippen LogP contribution is 2.12. The lowest BCUT2D eigenvalue weighted by atomic mass is 10.2. The molecule has 0 unspecified atom stereocenters. The summed E-state index contributed by atoms with van der Waals surface area (Å²) in [5, 5.41) is 3.47. The maximum Gasteiger partial charge on any atom is 0.0648 e. The van der Waals surface area contributed by atoms with Crippen molar-refractivity contribution in [3.63, 3.8) is 0 Å². The van der Waals surface area contributed by atoms with Crippen LogP contribution in [0.5, 0.6) is 0 Å². The summed E-state index contributed by atoms with van der Waals surface area (Å²) in [6, 6.07) is 0. The largest absolute Gasteiger partial charge is 0.376 e. The Morgan fingerprint density at radius 3 is 2.07 bits per heavy atom. The standard InChI is InChI=1S/C12H26INO/c1-11(2,3)15-10-8-6-7-9-14-12(4,5)13/h14H,6-10H2,1-5H3. The highest BCUT2D eigenvalue weighted by molar-refractivity contribution is 14.1. The molecule has 0 rings (SSSR count). The Kier molecular flexibility index (Phi) is 7.38. The molecule has 0 aromatic carbocycles.